The molecule has 2 nitrogen and oxygen atoms in total. The Labute approximate surface area is 179 Å². The minimum absolute atomic E-state index is 0.186. The first-order valence-electron chi connectivity index (χ1n) is 12.7. The zero-order valence-corrected chi connectivity index (χ0v) is 19.7. The highest BCUT2D eigenvalue weighted by Crippen LogP contribution is 2.66. The van der Waals surface area contributed by atoms with Gasteiger partial charge in [-0.2, -0.15) is 0 Å². The van der Waals surface area contributed by atoms with Gasteiger partial charge in [-0.25, -0.2) is 0 Å². The van der Waals surface area contributed by atoms with Gasteiger partial charge in [-0.1, -0.05) is 65.5 Å². The second kappa shape index (κ2) is 7.97. The van der Waals surface area contributed by atoms with Gasteiger partial charge < -0.3 is 10.2 Å². The average Bonchev–Trinajstić information content (AvgIpc) is 3.00. The van der Waals surface area contributed by atoms with E-state index in [0.29, 0.717) is 17.3 Å². The Hall–Kier alpha value is -0.340. The van der Waals surface area contributed by atoms with E-state index >= 15 is 0 Å². The topological polar surface area (TPSA) is 40.5 Å². The molecule has 0 aromatic heterocycles. The molecule has 0 amide bonds. The molecule has 29 heavy (non-hydrogen) atoms. The van der Waals surface area contributed by atoms with E-state index in [-0.39, 0.29) is 23.5 Å². The third-order valence-corrected chi connectivity index (χ3v) is 10.3. The third kappa shape index (κ3) is 3.65. The highest BCUT2D eigenvalue weighted by Gasteiger charge is 2.59. The largest absolute Gasteiger partial charge is 0.393 e. The van der Waals surface area contributed by atoms with Crippen molar-refractivity contribution >= 4 is 0 Å². The van der Waals surface area contributed by atoms with E-state index in [1.165, 1.54) is 44.9 Å². The first-order chi connectivity index (χ1) is 13.7. The van der Waals surface area contributed by atoms with Gasteiger partial charge in [0.15, 0.2) is 0 Å². The molecule has 0 spiro atoms. The molecular formula is C27H46O2. The van der Waals surface area contributed by atoms with Crippen LogP contribution in [0.3, 0.4) is 0 Å². The summed E-state index contributed by atoms with van der Waals surface area (Å²) in [6, 6.07) is 0. The van der Waals surface area contributed by atoms with Gasteiger partial charge in [0.2, 0.25) is 0 Å². The summed E-state index contributed by atoms with van der Waals surface area (Å²) in [6.07, 6.45) is 14.0. The highest BCUT2D eigenvalue weighted by molar-refractivity contribution is 5.29. The molecule has 0 aliphatic heterocycles. The van der Waals surface area contributed by atoms with E-state index in [1.807, 2.05) is 0 Å². The predicted octanol–water partition coefficient (Wildman–Crippen LogP) is 6.36. The van der Waals surface area contributed by atoms with Gasteiger partial charge in [-0.05, 0) is 91.3 Å². The number of allylic oxidation sites excluding steroid dienone is 1. The summed E-state index contributed by atoms with van der Waals surface area (Å²) in [4.78, 5) is 0. The van der Waals surface area contributed by atoms with Gasteiger partial charge in [-0.15, -0.1) is 0 Å². The van der Waals surface area contributed by atoms with E-state index in [0.717, 1.165) is 37.0 Å². The number of hydrogen-bond donors (Lipinski definition) is 2. The Morgan fingerprint density at radius 3 is 2.34 bits per heavy atom. The van der Waals surface area contributed by atoms with Crippen LogP contribution in [0.1, 0.15) is 98.8 Å². The summed E-state index contributed by atoms with van der Waals surface area (Å²) in [5.41, 5.74) is 2.24. The van der Waals surface area contributed by atoms with Gasteiger partial charge in [0, 0.05) is 0 Å². The van der Waals surface area contributed by atoms with Gasteiger partial charge in [0.1, 0.15) is 0 Å². The van der Waals surface area contributed by atoms with Crippen LogP contribution in [-0.4, -0.2) is 22.4 Å². The van der Waals surface area contributed by atoms with Crippen molar-refractivity contribution in [2.24, 2.45) is 46.3 Å². The minimum atomic E-state index is -0.355. The van der Waals surface area contributed by atoms with Gasteiger partial charge in [0.05, 0.1) is 12.2 Å². The van der Waals surface area contributed by atoms with Crippen LogP contribution in [0.5, 0.6) is 0 Å². The van der Waals surface area contributed by atoms with Crippen molar-refractivity contribution in [1.82, 2.24) is 0 Å². The molecule has 2 N–H and O–H groups in total. The van der Waals surface area contributed by atoms with Crippen LogP contribution in [0.2, 0.25) is 0 Å². The lowest BCUT2D eigenvalue weighted by molar-refractivity contribution is -0.0835. The van der Waals surface area contributed by atoms with Crippen LogP contribution in [0.25, 0.3) is 0 Å². The molecule has 0 radical (unpaired) electrons. The van der Waals surface area contributed by atoms with Crippen LogP contribution in [0.4, 0.5) is 0 Å². The average molecular weight is 403 g/mol. The summed E-state index contributed by atoms with van der Waals surface area (Å²) in [5, 5.41) is 21.3. The van der Waals surface area contributed by atoms with Crippen LogP contribution < -0.4 is 0 Å². The van der Waals surface area contributed by atoms with Crippen LogP contribution in [-0.2, 0) is 0 Å². The molecule has 0 bridgehead atoms. The van der Waals surface area contributed by atoms with E-state index in [9.17, 15) is 10.2 Å². The zero-order chi connectivity index (χ0) is 21.0. The van der Waals surface area contributed by atoms with Crippen molar-refractivity contribution in [2.75, 3.05) is 0 Å². The highest BCUT2D eigenvalue weighted by atomic mass is 16.3. The van der Waals surface area contributed by atoms with Crippen LogP contribution in [0, 0.1) is 46.3 Å². The molecule has 9 unspecified atom stereocenters. The number of fused-ring (bicyclic) bond motifs is 5. The maximum Gasteiger partial charge on any atom is 0.0758 e. The molecule has 3 saturated carbocycles. The standard InChI is InChI=1S/C27H46O2/c1-17(2)7-6-8-18(3)21-9-10-22-20-16-25(29)24-15-19(28)11-13-27(24,5)23(20)12-14-26(21,22)4/h16-19,21-25,28-29H,6-15H2,1-5H3. The fourth-order valence-corrected chi connectivity index (χ4v) is 8.58. The van der Waals surface area contributed by atoms with Crippen molar-refractivity contribution in [3.8, 4) is 0 Å². The lowest BCUT2D eigenvalue weighted by Gasteiger charge is -2.58. The molecule has 0 aromatic rings. The van der Waals surface area contributed by atoms with Crippen LogP contribution >= 0.6 is 0 Å². The second-order valence-corrected chi connectivity index (χ2v) is 12.3. The van der Waals surface area contributed by atoms with Gasteiger partial charge in [-0.3, -0.25) is 0 Å². The number of rotatable bonds is 5. The molecule has 4 aliphatic rings. The third-order valence-electron chi connectivity index (χ3n) is 10.3. The lowest BCUT2D eigenvalue weighted by Crippen LogP contribution is -2.53. The molecular weight excluding hydrogens is 356 g/mol. The Kier molecular flexibility index (Phi) is 6.01. The monoisotopic (exact) mass is 402 g/mol. The first-order valence-corrected chi connectivity index (χ1v) is 12.7. The second-order valence-electron chi connectivity index (χ2n) is 12.3. The SMILES string of the molecule is CC(C)CCCC(C)C1CCC2C3=CC(O)C4CC(O)CCC4(C)C3CCC21C. The molecule has 0 aromatic carbocycles. The fourth-order valence-electron chi connectivity index (χ4n) is 8.58. The fraction of sp³-hybridized carbons (Fsp3) is 0.926. The molecule has 4 rings (SSSR count). The Balaban J connectivity index is 1.54. The summed E-state index contributed by atoms with van der Waals surface area (Å²) in [5.74, 6) is 4.05. The van der Waals surface area contributed by atoms with E-state index in [2.05, 4.69) is 40.7 Å². The zero-order valence-electron chi connectivity index (χ0n) is 19.7. The number of aliphatic hydroxyl groups is 2. The van der Waals surface area contributed by atoms with Crippen molar-refractivity contribution in [3.63, 3.8) is 0 Å². The predicted molar refractivity (Wildman–Crippen MR) is 120 cm³/mol. The molecule has 3 fully saturated rings. The lowest BCUT2D eigenvalue weighted by atomic mass is 9.47. The molecule has 0 saturated heterocycles. The normalized spacial score (nSPS) is 47.9. The minimum Gasteiger partial charge on any atom is -0.393 e. The smallest absolute Gasteiger partial charge is 0.0758 e. The summed E-state index contributed by atoms with van der Waals surface area (Å²) in [7, 11) is 0. The van der Waals surface area contributed by atoms with E-state index < -0.39 is 0 Å². The van der Waals surface area contributed by atoms with E-state index in [1.54, 1.807) is 5.57 Å². The van der Waals surface area contributed by atoms with Gasteiger partial charge in [0.25, 0.3) is 0 Å². The maximum absolute atomic E-state index is 11.1. The Morgan fingerprint density at radius 2 is 1.62 bits per heavy atom. The van der Waals surface area contributed by atoms with Crippen molar-refractivity contribution in [3.05, 3.63) is 11.6 Å². The van der Waals surface area contributed by atoms with Gasteiger partial charge >= 0.3 is 0 Å². The molecule has 9 atom stereocenters. The van der Waals surface area contributed by atoms with E-state index in [4.69, 9.17) is 0 Å². The van der Waals surface area contributed by atoms with Crippen molar-refractivity contribution in [1.29, 1.82) is 0 Å². The quantitative estimate of drug-likeness (QED) is 0.525. The molecule has 4 aliphatic carbocycles. The summed E-state index contributed by atoms with van der Waals surface area (Å²) >= 11 is 0. The van der Waals surface area contributed by atoms with Crippen molar-refractivity contribution < 1.29 is 10.2 Å². The molecule has 0 heterocycles. The maximum atomic E-state index is 11.1. The number of hydrogen-bond acceptors (Lipinski definition) is 2. The van der Waals surface area contributed by atoms with Crippen molar-refractivity contribution in [2.45, 2.75) is 111 Å². The number of aliphatic hydroxyl groups excluding tert-OH is 2. The Morgan fingerprint density at radius 1 is 0.931 bits per heavy atom. The Bertz CT molecular complexity index is 624. The summed E-state index contributed by atoms with van der Waals surface area (Å²) in [6.45, 7) is 12.2. The van der Waals surface area contributed by atoms with Crippen LogP contribution in [0.15, 0.2) is 11.6 Å². The first kappa shape index (κ1) is 21.9. The summed E-state index contributed by atoms with van der Waals surface area (Å²) < 4.78 is 0. The molecule has 2 heteroatoms. The molecule has 166 valence electrons.